The van der Waals surface area contributed by atoms with E-state index in [9.17, 15) is 4.79 Å². The molecule has 1 saturated heterocycles. The summed E-state index contributed by atoms with van der Waals surface area (Å²) in [6.45, 7) is 13.7. The molecule has 1 amide bonds. The Hall–Kier alpha value is -0.353. The van der Waals surface area contributed by atoms with Gasteiger partial charge >= 0.3 is 0 Å². The average molecular weight is 326 g/mol. The first-order valence-electron chi connectivity index (χ1n) is 9.28. The van der Waals surface area contributed by atoms with Crippen molar-refractivity contribution in [2.24, 2.45) is 5.92 Å². The molecule has 128 valence electrons. The molecule has 2 aliphatic rings. The first-order chi connectivity index (χ1) is 10.3. The third-order valence-electron chi connectivity index (χ3n) is 6.09. The Kier molecular flexibility index (Phi) is 5.76. The zero-order chi connectivity index (χ0) is 16.5. The van der Waals surface area contributed by atoms with Crippen LogP contribution in [-0.4, -0.2) is 26.4 Å². The maximum Gasteiger partial charge on any atom is 0.250 e. The molecule has 0 radical (unpaired) electrons. The first-order valence-corrected chi connectivity index (χ1v) is 11.4. The van der Waals surface area contributed by atoms with Crippen LogP contribution in [0.4, 0.5) is 0 Å². The van der Waals surface area contributed by atoms with Gasteiger partial charge in [-0.05, 0) is 35.4 Å². The Morgan fingerprint density at radius 2 is 1.45 bits per heavy atom. The number of nitrogens with one attached hydrogen (secondary N) is 1. The van der Waals surface area contributed by atoms with Crippen LogP contribution < -0.4 is 5.32 Å². The van der Waals surface area contributed by atoms with Crippen LogP contribution in [0, 0.1) is 5.92 Å². The van der Waals surface area contributed by atoms with E-state index in [-0.39, 0.29) is 18.1 Å². The molecule has 0 spiro atoms. The second-order valence-corrected chi connectivity index (χ2v) is 13.7. The molecule has 0 bridgehead atoms. The van der Waals surface area contributed by atoms with E-state index < -0.39 is 8.32 Å². The number of carbonyl (C=O) groups is 1. The van der Waals surface area contributed by atoms with Crippen molar-refractivity contribution in [3.63, 3.8) is 0 Å². The molecule has 22 heavy (non-hydrogen) atoms. The van der Waals surface area contributed by atoms with Gasteiger partial charge in [-0.3, -0.25) is 4.79 Å². The van der Waals surface area contributed by atoms with Crippen molar-refractivity contribution in [2.75, 3.05) is 0 Å². The van der Waals surface area contributed by atoms with Gasteiger partial charge in [0.05, 0.1) is 6.04 Å². The molecule has 0 aromatic carbocycles. The van der Waals surface area contributed by atoms with Gasteiger partial charge in [0.2, 0.25) is 14.2 Å². The SMILES string of the molecule is CC(C)[Si](O[C@H]1C(=O)N[C@H]1C1CCCCC1)(C(C)C)C(C)C. The van der Waals surface area contributed by atoms with Gasteiger partial charge in [-0.2, -0.15) is 0 Å². The molecule has 2 rings (SSSR count). The highest BCUT2D eigenvalue weighted by molar-refractivity contribution is 6.77. The summed E-state index contributed by atoms with van der Waals surface area (Å²) in [7, 11) is -1.97. The van der Waals surface area contributed by atoms with Gasteiger partial charge in [-0.25, -0.2) is 0 Å². The Labute approximate surface area is 137 Å². The van der Waals surface area contributed by atoms with Crippen LogP contribution in [0.15, 0.2) is 0 Å². The molecular formula is C18H35NO2Si. The lowest BCUT2D eigenvalue weighted by Gasteiger charge is -2.50. The van der Waals surface area contributed by atoms with Crippen LogP contribution in [0.5, 0.6) is 0 Å². The third kappa shape index (κ3) is 3.14. The summed E-state index contributed by atoms with van der Waals surface area (Å²) in [4.78, 5) is 12.2. The monoisotopic (exact) mass is 325 g/mol. The maximum absolute atomic E-state index is 12.2. The summed E-state index contributed by atoms with van der Waals surface area (Å²) >= 11 is 0. The average Bonchev–Trinajstić information content (AvgIpc) is 2.45. The van der Waals surface area contributed by atoms with Crippen LogP contribution in [-0.2, 0) is 9.22 Å². The molecule has 2 fully saturated rings. The van der Waals surface area contributed by atoms with Crippen molar-refractivity contribution in [3.05, 3.63) is 0 Å². The summed E-state index contributed by atoms with van der Waals surface area (Å²) in [6.07, 6.45) is 6.30. The number of β-lactam (4-membered cyclic amide) rings is 1. The van der Waals surface area contributed by atoms with Crippen LogP contribution in [0.2, 0.25) is 16.6 Å². The van der Waals surface area contributed by atoms with Gasteiger partial charge < -0.3 is 9.74 Å². The second kappa shape index (κ2) is 7.04. The third-order valence-corrected chi connectivity index (χ3v) is 12.2. The van der Waals surface area contributed by atoms with Crippen molar-refractivity contribution in [2.45, 2.75) is 102 Å². The molecule has 4 heteroatoms. The van der Waals surface area contributed by atoms with Gasteiger partial charge in [0.15, 0.2) is 0 Å². The Morgan fingerprint density at radius 1 is 0.955 bits per heavy atom. The van der Waals surface area contributed by atoms with E-state index in [2.05, 4.69) is 46.9 Å². The van der Waals surface area contributed by atoms with E-state index in [1.54, 1.807) is 0 Å². The summed E-state index contributed by atoms with van der Waals surface area (Å²) in [5.41, 5.74) is 1.61. The van der Waals surface area contributed by atoms with E-state index in [0.29, 0.717) is 22.5 Å². The molecule has 1 N–H and O–H groups in total. The van der Waals surface area contributed by atoms with E-state index in [0.717, 1.165) is 0 Å². The predicted octanol–water partition coefficient (Wildman–Crippen LogP) is 4.63. The van der Waals surface area contributed by atoms with Crippen LogP contribution >= 0.6 is 0 Å². The van der Waals surface area contributed by atoms with Gasteiger partial charge in [0, 0.05) is 0 Å². The minimum absolute atomic E-state index is 0.134. The molecular weight excluding hydrogens is 290 g/mol. The van der Waals surface area contributed by atoms with E-state index in [1.807, 2.05) is 0 Å². The largest absolute Gasteiger partial charge is 0.402 e. The lowest BCUT2D eigenvalue weighted by atomic mass is 9.78. The van der Waals surface area contributed by atoms with Gasteiger partial charge in [-0.1, -0.05) is 60.8 Å². The number of rotatable bonds is 6. The molecule has 1 heterocycles. The number of carbonyl (C=O) groups excluding carboxylic acids is 1. The van der Waals surface area contributed by atoms with Crippen molar-refractivity contribution in [3.8, 4) is 0 Å². The highest BCUT2D eigenvalue weighted by Crippen LogP contribution is 2.45. The van der Waals surface area contributed by atoms with E-state index in [1.165, 1.54) is 32.1 Å². The Bertz CT molecular complexity index is 367. The fraction of sp³-hybridized carbons (Fsp3) is 0.944. The van der Waals surface area contributed by atoms with Crippen LogP contribution in [0.25, 0.3) is 0 Å². The minimum atomic E-state index is -1.97. The van der Waals surface area contributed by atoms with E-state index in [4.69, 9.17) is 4.43 Å². The van der Waals surface area contributed by atoms with E-state index >= 15 is 0 Å². The fourth-order valence-corrected chi connectivity index (χ4v) is 10.5. The highest BCUT2D eigenvalue weighted by atomic mass is 28.4. The molecule has 3 nitrogen and oxygen atoms in total. The Morgan fingerprint density at radius 3 is 1.86 bits per heavy atom. The summed E-state index contributed by atoms with van der Waals surface area (Å²) in [6, 6.07) is 0.274. The Balaban J connectivity index is 2.15. The molecule has 1 aliphatic carbocycles. The van der Waals surface area contributed by atoms with Crippen molar-refractivity contribution < 1.29 is 9.22 Å². The van der Waals surface area contributed by atoms with Crippen molar-refractivity contribution in [1.29, 1.82) is 0 Å². The van der Waals surface area contributed by atoms with Crippen LogP contribution in [0.3, 0.4) is 0 Å². The fourth-order valence-electron chi connectivity index (χ4n) is 5.00. The second-order valence-electron chi connectivity index (χ2n) is 8.29. The zero-order valence-corrected chi connectivity index (χ0v) is 16.3. The summed E-state index contributed by atoms with van der Waals surface area (Å²) in [5.74, 6) is 0.768. The summed E-state index contributed by atoms with van der Waals surface area (Å²) < 4.78 is 6.76. The molecule has 2 atom stereocenters. The van der Waals surface area contributed by atoms with Gasteiger partial charge in [0.1, 0.15) is 6.10 Å². The lowest BCUT2D eigenvalue weighted by Crippen LogP contribution is -2.70. The maximum atomic E-state index is 12.2. The molecule has 1 saturated carbocycles. The highest BCUT2D eigenvalue weighted by Gasteiger charge is 2.53. The van der Waals surface area contributed by atoms with Crippen LogP contribution in [0.1, 0.15) is 73.6 Å². The zero-order valence-electron chi connectivity index (χ0n) is 15.3. The normalized spacial score (nSPS) is 27.4. The van der Waals surface area contributed by atoms with Crippen molar-refractivity contribution >= 4 is 14.2 Å². The molecule has 0 unspecified atom stereocenters. The van der Waals surface area contributed by atoms with Crippen molar-refractivity contribution in [1.82, 2.24) is 5.32 Å². The van der Waals surface area contributed by atoms with Gasteiger partial charge in [-0.15, -0.1) is 0 Å². The standard InChI is InChI=1S/C18H35NO2Si/c1-12(2)22(13(3)4,14(5)6)21-17-16(19-18(17)20)15-10-8-7-9-11-15/h12-17H,7-11H2,1-6H3,(H,19,20)/t16-,17+/m0/s1. The first kappa shape index (κ1) is 18.0. The quantitative estimate of drug-likeness (QED) is 0.571. The topological polar surface area (TPSA) is 38.3 Å². The molecule has 1 aliphatic heterocycles. The number of hydrogen-bond donors (Lipinski definition) is 1. The number of hydrogen-bond acceptors (Lipinski definition) is 2. The summed E-state index contributed by atoms with van der Waals surface area (Å²) in [5, 5.41) is 3.16. The van der Waals surface area contributed by atoms with Gasteiger partial charge in [0.25, 0.3) is 0 Å². The number of amides is 1. The molecule has 0 aromatic heterocycles. The minimum Gasteiger partial charge on any atom is -0.402 e. The predicted molar refractivity (Wildman–Crippen MR) is 94.4 cm³/mol. The smallest absolute Gasteiger partial charge is 0.250 e. The molecule has 0 aromatic rings. The lowest BCUT2D eigenvalue weighted by molar-refractivity contribution is -0.144.